The van der Waals surface area contributed by atoms with Crippen molar-refractivity contribution < 1.29 is 14.7 Å². The lowest BCUT2D eigenvalue weighted by Crippen LogP contribution is -2.50. The minimum absolute atomic E-state index is 0.0432. The number of likely N-dealkylation sites (N-methyl/N-ethyl adjacent to an activating group) is 1. The quantitative estimate of drug-likeness (QED) is 0.776. The van der Waals surface area contributed by atoms with E-state index in [4.69, 9.17) is 0 Å². The highest BCUT2D eigenvalue weighted by Gasteiger charge is 2.36. The second-order valence-corrected chi connectivity index (χ2v) is 6.66. The molecule has 2 amide bonds. The van der Waals surface area contributed by atoms with Crippen LogP contribution in [0.3, 0.4) is 0 Å². The van der Waals surface area contributed by atoms with E-state index in [1.165, 1.54) is 24.2 Å². The zero-order valence-electron chi connectivity index (χ0n) is 13.2. The number of hydrogen-bond acceptors (Lipinski definition) is 3. The molecule has 0 saturated heterocycles. The van der Waals surface area contributed by atoms with Crippen LogP contribution in [0.5, 0.6) is 0 Å². The number of aliphatic hydroxyl groups excluding tert-OH is 1. The number of nitrogens with zero attached hydrogens (tertiary/aromatic N) is 1. The zero-order chi connectivity index (χ0) is 15.4. The van der Waals surface area contributed by atoms with Gasteiger partial charge in [-0.05, 0) is 38.5 Å². The van der Waals surface area contributed by atoms with Gasteiger partial charge in [0, 0.05) is 19.5 Å². The molecular weight excluding hydrogens is 268 g/mol. The standard InChI is InChI=1S/C16H28N2O3/c1-11(18(2)16(21)13-8-9-13)14(19)15(20)17-10-12-6-4-3-5-7-12/h11-14,19H,3-10H2,1-2H3,(H,17,20). The molecule has 21 heavy (non-hydrogen) atoms. The minimum Gasteiger partial charge on any atom is -0.381 e. The molecular formula is C16H28N2O3. The van der Waals surface area contributed by atoms with Crippen LogP contribution >= 0.6 is 0 Å². The predicted molar refractivity (Wildman–Crippen MR) is 80.5 cm³/mol. The van der Waals surface area contributed by atoms with Gasteiger partial charge in [0.15, 0.2) is 6.10 Å². The summed E-state index contributed by atoms with van der Waals surface area (Å²) in [6, 6.07) is -0.482. The summed E-state index contributed by atoms with van der Waals surface area (Å²) in [7, 11) is 1.67. The molecule has 0 heterocycles. The molecule has 2 N–H and O–H groups in total. The summed E-state index contributed by atoms with van der Waals surface area (Å²) < 4.78 is 0. The van der Waals surface area contributed by atoms with E-state index in [0.717, 1.165) is 25.7 Å². The number of carbonyl (C=O) groups excluding carboxylic acids is 2. The second-order valence-electron chi connectivity index (χ2n) is 6.66. The highest BCUT2D eigenvalue weighted by atomic mass is 16.3. The van der Waals surface area contributed by atoms with Crippen LogP contribution in [0.4, 0.5) is 0 Å². The van der Waals surface area contributed by atoms with Crippen LogP contribution in [0.25, 0.3) is 0 Å². The van der Waals surface area contributed by atoms with Crippen LogP contribution in [-0.2, 0) is 9.59 Å². The average Bonchev–Trinajstić information content (AvgIpc) is 3.35. The molecule has 0 radical (unpaired) electrons. The fourth-order valence-electron chi connectivity index (χ4n) is 2.99. The van der Waals surface area contributed by atoms with Crippen molar-refractivity contribution in [2.24, 2.45) is 11.8 Å². The molecule has 0 aromatic rings. The molecule has 0 spiro atoms. The number of nitrogens with one attached hydrogen (secondary N) is 1. The Kier molecular flexibility index (Phi) is 5.62. The van der Waals surface area contributed by atoms with Crippen molar-refractivity contribution in [3.05, 3.63) is 0 Å². The van der Waals surface area contributed by atoms with E-state index < -0.39 is 12.1 Å². The molecule has 2 aliphatic carbocycles. The SMILES string of the molecule is CC(C(O)C(=O)NCC1CCCCC1)N(C)C(=O)C1CC1. The molecule has 0 aromatic carbocycles. The number of aliphatic hydroxyl groups is 1. The first-order valence-corrected chi connectivity index (χ1v) is 8.23. The molecule has 2 saturated carbocycles. The molecule has 0 bridgehead atoms. The van der Waals surface area contributed by atoms with Crippen LogP contribution in [0.1, 0.15) is 51.9 Å². The van der Waals surface area contributed by atoms with Crippen LogP contribution in [0, 0.1) is 11.8 Å². The number of amides is 2. The molecule has 2 rings (SSSR count). The van der Waals surface area contributed by atoms with Gasteiger partial charge >= 0.3 is 0 Å². The third kappa shape index (κ3) is 4.43. The van der Waals surface area contributed by atoms with Crippen molar-refractivity contribution in [2.75, 3.05) is 13.6 Å². The molecule has 5 heteroatoms. The largest absolute Gasteiger partial charge is 0.381 e. The van der Waals surface area contributed by atoms with E-state index in [2.05, 4.69) is 5.32 Å². The highest BCUT2D eigenvalue weighted by Crippen LogP contribution is 2.31. The Bertz CT molecular complexity index is 376. The normalized spacial score (nSPS) is 22.4. The van der Waals surface area contributed by atoms with Gasteiger partial charge in [0.1, 0.15) is 0 Å². The Hall–Kier alpha value is -1.10. The number of carbonyl (C=O) groups is 2. The predicted octanol–water partition coefficient (Wildman–Crippen LogP) is 1.30. The first-order chi connectivity index (χ1) is 10.0. The van der Waals surface area contributed by atoms with Gasteiger partial charge in [0.05, 0.1) is 6.04 Å². The summed E-state index contributed by atoms with van der Waals surface area (Å²) >= 11 is 0. The highest BCUT2D eigenvalue weighted by molar-refractivity contribution is 5.84. The van der Waals surface area contributed by atoms with Crippen LogP contribution < -0.4 is 5.32 Å². The van der Waals surface area contributed by atoms with Gasteiger partial charge < -0.3 is 15.3 Å². The van der Waals surface area contributed by atoms with Crippen molar-refractivity contribution in [2.45, 2.75) is 64.0 Å². The molecule has 2 fully saturated rings. The van der Waals surface area contributed by atoms with Crippen LogP contribution in [-0.4, -0.2) is 47.6 Å². The number of rotatable bonds is 6. The maximum Gasteiger partial charge on any atom is 0.250 e. The third-order valence-corrected chi connectivity index (χ3v) is 4.90. The maximum absolute atomic E-state index is 12.0. The lowest BCUT2D eigenvalue weighted by molar-refractivity contribution is -0.140. The molecule has 2 aliphatic rings. The summed E-state index contributed by atoms with van der Waals surface area (Å²) in [5, 5.41) is 13.0. The summed E-state index contributed by atoms with van der Waals surface area (Å²) in [5.41, 5.74) is 0. The van der Waals surface area contributed by atoms with Crippen LogP contribution in [0.2, 0.25) is 0 Å². The Balaban J connectivity index is 1.75. The van der Waals surface area contributed by atoms with Gasteiger partial charge in [0.25, 0.3) is 5.91 Å². The summed E-state index contributed by atoms with van der Waals surface area (Å²) in [6.45, 7) is 2.37. The monoisotopic (exact) mass is 296 g/mol. The van der Waals surface area contributed by atoms with E-state index in [1.807, 2.05) is 0 Å². The van der Waals surface area contributed by atoms with E-state index in [1.54, 1.807) is 14.0 Å². The van der Waals surface area contributed by atoms with Gasteiger partial charge in [-0.3, -0.25) is 9.59 Å². The molecule has 2 unspecified atom stereocenters. The molecule has 2 atom stereocenters. The summed E-state index contributed by atoms with van der Waals surface area (Å²) in [5.74, 6) is 0.330. The van der Waals surface area contributed by atoms with Gasteiger partial charge in [-0.1, -0.05) is 19.3 Å². The minimum atomic E-state index is -1.15. The summed E-state index contributed by atoms with van der Waals surface area (Å²) in [6.07, 6.45) is 6.79. The van der Waals surface area contributed by atoms with E-state index in [9.17, 15) is 14.7 Å². The van der Waals surface area contributed by atoms with Crippen molar-refractivity contribution >= 4 is 11.8 Å². The Morgan fingerprint density at radius 1 is 1.19 bits per heavy atom. The first kappa shape index (κ1) is 16.3. The Labute approximate surface area is 127 Å². The first-order valence-electron chi connectivity index (χ1n) is 8.23. The fraction of sp³-hybridized carbons (Fsp3) is 0.875. The molecule has 0 aliphatic heterocycles. The third-order valence-electron chi connectivity index (χ3n) is 4.90. The number of hydrogen-bond donors (Lipinski definition) is 2. The molecule has 5 nitrogen and oxygen atoms in total. The Morgan fingerprint density at radius 2 is 1.81 bits per heavy atom. The smallest absolute Gasteiger partial charge is 0.250 e. The van der Waals surface area contributed by atoms with Gasteiger partial charge in [-0.15, -0.1) is 0 Å². The van der Waals surface area contributed by atoms with Crippen LogP contribution in [0.15, 0.2) is 0 Å². The van der Waals surface area contributed by atoms with Crippen molar-refractivity contribution in [1.82, 2.24) is 10.2 Å². The topological polar surface area (TPSA) is 69.6 Å². The molecule has 120 valence electrons. The fourth-order valence-corrected chi connectivity index (χ4v) is 2.99. The van der Waals surface area contributed by atoms with E-state index in [-0.39, 0.29) is 17.7 Å². The molecule has 0 aromatic heterocycles. The average molecular weight is 296 g/mol. The lowest BCUT2D eigenvalue weighted by Gasteiger charge is -2.29. The van der Waals surface area contributed by atoms with Gasteiger partial charge in [0.2, 0.25) is 5.91 Å². The van der Waals surface area contributed by atoms with Gasteiger partial charge in [-0.25, -0.2) is 0 Å². The van der Waals surface area contributed by atoms with Crippen molar-refractivity contribution in [3.8, 4) is 0 Å². The van der Waals surface area contributed by atoms with E-state index in [0.29, 0.717) is 12.5 Å². The van der Waals surface area contributed by atoms with Gasteiger partial charge in [-0.2, -0.15) is 0 Å². The van der Waals surface area contributed by atoms with E-state index >= 15 is 0 Å². The summed E-state index contributed by atoms with van der Waals surface area (Å²) in [4.78, 5) is 25.5. The Morgan fingerprint density at radius 3 is 2.38 bits per heavy atom. The maximum atomic E-state index is 12.0. The van der Waals surface area contributed by atoms with Crippen molar-refractivity contribution in [3.63, 3.8) is 0 Å². The lowest BCUT2D eigenvalue weighted by atomic mass is 9.89. The second kappa shape index (κ2) is 7.25. The van der Waals surface area contributed by atoms with Crippen molar-refractivity contribution in [1.29, 1.82) is 0 Å². The zero-order valence-corrected chi connectivity index (χ0v) is 13.2.